The molecule has 0 aromatic rings. The van der Waals surface area contributed by atoms with Gasteiger partial charge in [-0.05, 0) is 33.6 Å². The van der Waals surface area contributed by atoms with E-state index in [9.17, 15) is 24.6 Å². The molecule has 2 aliphatic rings. The molecule has 0 aromatic carbocycles. The Morgan fingerprint density at radius 2 is 1.83 bits per heavy atom. The number of hydrogen-bond acceptors (Lipinski definition) is 4. The van der Waals surface area contributed by atoms with Gasteiger partial charge in [0, 0.05) is 11.5 Å². The van der Waals surface area contributed by atoms with Crippen LogP contribution in [0.2, 0.25) is 0 Å². The maximum atomic E-state index is 12.2. The van der Waals surface area contributed by atoms with Crippen LogP contribution in [0.15, 0.2) is 23.8 Å². The molecule has 1 saturated carbocycles. The van der Waals surface area contributed by atoms with Crippen LogP contribution < -0.4 is 5.32 Å². The molecule has 0 spiro atoms. The van der Waals surface area contributed by atoms with Gasteiger partial charge in [0.2, 0.25) is 0 Å². The molecule has 2 aliphatic carbocycles. The highest BCUT2D eigenvalue weighted by Gasteiger charge is 2.67. The number of allylic oxidation sites excluding steroid dienone is 2. The van der Waals surface area contributed by atoms with E-state index in [-0.39, 0.29) is 5.57 Å². The Hall–Kier alpha value is -2.31. The zero-order valence-electron chi connectivity index (χ0n) is 14.3. The Balaban J connectivity index is 2.36. The van der Waals surface area contributed by atoms with Gasteiger partial charge in [-0.15, -0.1) is 0 Å². The van der Waals surface area contributed by atoms with E-state index >= 15 is 0 Å². The standard InChI is InChI=1S/C17H23NO6/c1-10-11(12(19)20)6-5-7-17(10,13(21)22)16(8-9-16)18-14(23)24-15(2,3)4/h5-7,10H,8-9H2,1-4H3,(H,18,23)(H,19,20)(H,21,22). The first-order chi connectivity index (χ1) is 11.0. The van der Waals surface area contributed by atoms with Crippen LogP contribution in [0.3, 0.4) is 0 Å². The monoisotopic (exact) mass is 337 g/mol. The van der Waals surface area contributed by atoms with Gasteiger partial charge in [0.1, 0.15) is 11.0 Å². The molecule has 2 atom stereocenters. The van der Waals surface area contributed by atoms with Gasteiger partial charge >= 0.3 is 18.0 Å². The highest BCUT2D eigenvalue weighted by molar-refractivity contribution is 5.92. The van der Waals surface area contributed by atoms with E-state index in [1.165, 1.54) is 18.2 Å². The molecular weight excluding hydrogens is 314 g/mol. The second kappa shape index (κ2) is 5.65. The van der Waals surface area contributed by atoms with Crippen LogP contribution in [0.5, 0.6) is 0 Å². The minimum absolute atomic E-state index is 0.0113. The Labute approximate surface area is 140 Å². The van der Waals surface area contributed by atoms with Gasteiger partial charge < -0.3 is 20.3 Å². The summed E-state index contributed by atoms with van der Waals surface area (Å²) >= 11 is 0. The minimum Gasteiger partial charge on any atom is -0.481 e. The zero-order valence-corrected chi connectivity index (χ0v) is 14.3. The van der Waals surface area contributed by atoms with Crippen molar-refractivity contribution in [3.05, 3.63) is 23.8 Å². The molecule has 0 saturated heterocycles. The molecule has 3 N–H and O–H groups in total. The summed E-state index contributed by atoms with van der Waals surface area (Å²) in [7, 11) is 0. The van der Waals surface area contributed by atoms with Crippen LogP contribution in [0, 0.1) is 11.3 Å². The largest absolute Gasteiger partial charge is 0.481 e. The number of carbonyl (C=O) groups is 3. The van der Waals surface area contributed by atoms with Crippen LogP contribution in [-0.4, -0.2) is 39.4 Å². The minimum atomic E-state index is -1.52. The first-order valence-electron chi connectivity index (χ1n) is 7.82. The third kappa shape index (κ3) is 2.90. The second-order valence-electron chi connectivity index (χ2n) is 7.39. The highest BCUT2D eigenvalue weighted by Crippen LogP contribution is 2.57. The molecular formula is C17H23NO6. The lowest BCUT2D eigenvalue weighted by Gasteiger charge is -2.42. The molecule has 7 nitrogen and oxygen atoms in total. The molecule has 1 fully saturated rings. The van der Waals surface area contributed by atoms with Crippen molar-refractivity contribution in [3.8, 4) is 0 Å². The number of hydrogen-bond donors (Lipinski definition) is 3. The van der Waals surface area contributed by atoms with E-state index in [1.807, 2.05) is 0 Å². The van der Waals surface area contributed by atoms with E-state index < -0.39 is 40.5 Å². The molecule has 0 radical (unpaired) electrons. The predicted octanol–water partition coefficient (Wildman–Crippen LogP) is 2.33. The van der Waals surface area contributed by atoms with E-state index in [0.29, 0.717) is 12.8 Å². The van der Waals surface area contributed by atoms with Gasteiger partial charge in [0.05, 0.1) is 5.54 Å². The molecule has 132 valence electrons. The lowest BCUT2D eigenvalue weighted by molar-refractivity contribution is -0.151. The number of carboxylic acid groups (broad SMARTS) is 2. The molecule has 2 rings (SSSR count). The summed E-state index contributed by atoms with van der Waals surface area (Å²) in [6.45, 7) is 6.71. The highest BCUT2D eigenvalue weighted by atomic mass is 16.6. The molecule has 0 bridgehead atoms. The van der Waals surface area contributed by atoms with E-state index in [4.69, 9.17) is 4.74 Å². The average molecular weight is 337 g/mol. The quantitative estimate of drug-likeness (QED) is 0.725. The fourth-order valence-corrected chi connectivity index (χ4v) is 3.40. The van der Waals surface area contributed by atoms with Crippen molar-refractivity contribution in [2.75, 3.05) is 0 Å². The maximum Gasteiger partial charge on any atom is 0.408 e. The van der Waals surface area contributed by atoms with E-state index in [1.54, 1.807) is 27.7 Å². The SMILES string of the molecule is CC1C(C(=O)O)=CC=CC1(C(=O)O)C1(NC(=O)OC(C)(C)C)CC1. The molecule has 0 aliphatic heterocycles. The number of nitrogens with one attached hydrogen (secondary N) is 1. The van der Waals surface area contributed by atoms with Crippen molar-refractivity contribution in [2.24, 2.45) is 11.3 Å². The van der Waals surface area contributed by atoms with Gasteiger partial charge in [0.25, 0.3) is 0 Å². The van der Waals surface area contributed by atoms with Crippen molar-refractivity contribution in [2.45, 2.75) is 51.7 Å². The van der Waals surface area contributed by atoms with Gasteiger partial charge in [0.15, 0.2) is 0 Å². The molecule has 0 aromatic heterocycles. The number of rotatable bonds is 4. The lowest BCUT2D eigenvalue weighted by atomic mass is 9.63. The van der Waals surface area contributed by atoms with Gasteiger partial charge in [-0.1, -0.05) is 25.2 Å². The van der Waals surface area contributed by atoms with Crippen molar-refractivity contribution in [1.29, 1.82) is 0 Å². The van der Waals surface area contributed by atoms with Crippen LogP contribution in [-0.2, 0) is 14.3 Å². The second-order valence-corrected chi connectivity index (χ2v) is 7.39. The Morgan fingerprint density at radius 1 is 1.25 bits per heavy atom. The predicted molar refractivity (Wildman–Crippen MR) is 85.4 cm³/mol. The van der Waals surface area contributed by atoms with Gasteiger partial charge in [-0.3, -0.25) is 4.79 Å². The summed E-state index contributed by atoms with van der Waals surface area (Å²) in [5.74, 6) is -3.12. The van der Waals surface area contributed by atoms with Crippen LogP contribution >= 0.6 is 0 Å². The molecule has 0 heterocycles. The first-order valence-corrected chi connectivity index (χ1v) is 7.82. The van der Waals surface area contributed by atoms with Crippen LogP contribution in [0.4, 0.5) is 4.79 Å². The number of alkyl carbamates (subject to hydrolysis) is 1. The summed E-state index contributed by atoms with van der Waals surface area (Å²) in [5, 5.41) is 21.9. The van der Waals surface area contributed by atoms with Crippen LogP contribution in [0.25, 0.3) is 0 Å². The topological polar surface area (TPSA) is 113 Å². The lowest BCUT2D eigenvalue weighted by Crippen LogP contribution is -2.58. The van der Waals surface area contributed by atoms with Crippen molar-refractivity contribution in [3.63, 3.8) is 0 Å². The summed E-state index contributed by atoms with van der Waals surface area (Å²) in [6, 6.07) is 0. The maximum absolute atomic E-state index is 12.2. The Morgan fingerprint density at radius 3 is 2.25 bits per heavy atom. The van der Waals surface area contributed by atoms with E-state index in [0.717, 1.165) is 0 Å². The first kappa shape index (κ1) is 18.0. The number of ether oxygens (including phenoxy) is 1. The van der Waals surface area contributed by atoms with E-state index in [2.05, 4.69) is 5.32 Å². The number of carboxylic acids is 2. The third-order valence-electron chi connectivity index (χ3n) is 4.67. The fourth-order valence-electron chi connectivity index (χ4n) is 3.40. The van der Waals surface area contributed by atoms with Gasteiger partial charge in [-0.25, -0.2) is 9.59 Å². The van der Waals surface area contributed by atoms with Crippen molar-refractivity contribution >= 4 is 18.0 Å². The smallest absolute Gasteiger partial charge is 0.408 e. The zero-order chi connectivity index (χ0) is 18.3. The third-order valence-corrected chi connectivity index (χ3v) is 4.67. The molecule has 2 unspecified atom stereocenters. The van der Waals surface area contributed by atoms with Crippen molar-refractivity contribution < 1.29 is 29.3 Å². The summed E-state index contributed by atoms with van der Waals surface area (Å²) in [6.07, 6.45) is 4.51. The van der Waals surface area contributed by atoms with Crippen LogP contribution in [0.1, 0.15) is 40.5 Å². The molecule has 1 amide bonds. The molecule has 7 heteroatoms. The molecule has 24 heavy (non-hydrogen) atoms. The normalized spacial score (nSPS) is 27.8. The number of amides is 1. The number of carbonyl (C=O) groups excluding carboxylic acids is 1. The summed E-state index contributed by atoms with van der Waals surface area (Å²) in [5.41, 5.74) is -3.27. The van der Waals surface area contributed by atoms with Crippen molar-refractivity contribution in [1.82, 2.24) is 5.32 Å². The Bertz CT molecular complexity index is 638. The number of aliphatic carboxylic acids is 2. The fraction of sp³-hybridized carbons (Fsp3) is 0.588. The Kier molecular flexibility index (Phi) is 4.24. The summed E-state index contributed by atoms with van der Waals surface area (Å²) in [4.78, 5) is 35.7. The average Bonchev–Trinajstić information content (AvgIpc) is 3.16. The van der Waals surface area contributed by atoms with Gasteiger partial charge in [-0.2, -0.15) is 0 Å². The summed E-state index contributed by atoms with van der Waals surface area (Å²) < 4.78 is 5.24.